The van der Waals surface area contributed by atoms with Gasteiger partial charge in [0.2, 0.25) is 5.91 Å². The Hall–Kier alpha value is -2.29. The molecule has 9 heteroatoms. The standard InChI is InChI=1S/C19H30N8O/c1-24-17(12-25-8-4-2-3-5-9-25)22-23-19(24)16-6-10-27(11-7-16)18(28)13-26-14-20-21-15-26/h14-16H,2-13H2,1H3. The molecule has 0 aromatic carbocycles. The first-order chi connectivity index (χ1) is 13.7. The number of carbonyl (C=O) groups is 1. The molecule has 0 radical (unpaired) electrons. The monoisotopic (exact) mass is 386 g/mol. The minimum Gasteiger partial charge on any atom is -0.341 e. The molecule has 0 atom stereocenters. The predicted octanol–water partition coefficient (Wildman–Crippen LogP) is 1.19. The third-order valence-corrected chi connectivity index (χ3v) is 6.06. The summed E-state index contributed by atoms with van der Waals surface area (Å²) in [4.78, 5) is 16.9. The van der Waals surface area contributed by atoms with Gasteiger partial charge in [-0.3, -0.25) is 9.69 Å². The quantitative estimate of drug-likeness (QED) is 0.767. The number of likely N-dealkylation sites (tertiary alicyclic amines) is 2. The van der Waals surface area contributed by atoms with E-state index in [0.717, 1.165) is 57.2 Å². The molecule has 9 nitrogen and oxygen atoms in total. The molecule has 152 valence electrons. The van der Waals surface area contributed by atoms with Gasteiger partial charge in [0.05, 0.1) is 6.54 Å². The lowest BCUT2D eigenvalue weighted by atomic mass is 9.96. The summed E-state index contributed by atoms with van der Waals surface area (Å²) in [5, 5.41) is 16.5. The van der Waals surface area contributed by atoms with Crippen LogP contribution in [0.3, 0.4) is 0 Å². The molecule has 0 N–H and O–H groups in total. The molecule has 2 aliphatic rings. The molecule has 2 aliphatic heterocycles. The van der Waals surface area contributed by atoms with Crippen molar-refractivity contribution in [3.05, 3.63) is 24.3 Å². The minimum atomic E-state index is 0.123. The number of aromatic nitrogens is 6. The Labute approximate surface area is 165 Å². The van der Waals surface area contributed by atoms with Crippen molar-refractivity contribution in [2.45, 2.75) is 57.5 Å². The second-order valence-electron chi connectivity index (χ2n) is 8.01. The molecule has 2 saturated heterocycles. The molecule has 0 saturated carbocycles. The summed E-state index contributed by atoms with van der Waals surface area (Å²) >= 11 is 0. The van der Waals surface area contributed by atoms with Gasteiger partial charge in [0.25, 0.3) is 0 Å². The van der Waals surface area contributed by atoms with Crippen LogP contribution in [0.25, 0.3) is 0 Å². The fraction of sp³-hybridized carbons (Fsp3) is 0.737. The zero-order chi connectivity index (χ0) is 19.3. The summed E-state index contributed by atoms with van der Waals surface area (Å²) in [7, 11) is 2.09. The van der Waals surface area contributed by atoms with E-state index in [1.807, 2.05) is 4.90 Å². The van der Waals surface area contributed by atoms with Crippen LogP contribution in [0.5, 0.6) is 0 Å². The number of rotatable bonds is 5. The SMILES string of the molecule is Cn1c(CN2CCCCCC2)nnc1C1CCN(C(=O)Cn2cnnc2)CC1. The highest BCUT2D eigenvalue weighted by Gasteiger charge is 2.27. The zero-order valence-corrected chi connectivity index (χ0v) is 16.7. The smallest absolute Gasteiger partial charge is 0.242 e. The molecule has 2 fully saturated rings. The highest BCUT2D eigenvalue weighted by atomic mass is 16.2. The van der Waals surface area contributed by atoms with E-state index >= 15 is 0 Å². The highest BCUT2D eigenvalue weighted by molar-refractivity contribution is 5.76. The number of hydrogen-bond acceptors (Lipinski definition) is 6. The topological polar surface area (TPSA) is 85.0 Å². The van der Waals surface area contributed by atoms with E-state index in [2.05, 4.69) is 36.9 Å². The van der Waals surface area contributed by atoms with Crippen molar-refractivity contribution in [1.82, 2.24) is 39.3 Å². The Morgan fingerprint density at radius 2 is 1.68 bits per heavy atom. The second-order valence-corrected chi connectivity index (χ2v) is 8.01. The lowest BCUT2D eigenvalue weighted by molar-refractivity contribution is -0.132. The summed E-state index contributed by atoms with van der Waals surface area (Å²) in [5.41, 5.74) is 0. The van der Waals surface area contributed by atoms with E-state index in [4.69, 9.17) is 0 Å². The molecule has 2 aromatic rings. The Morgan fingerprint density at radius 3 is 2.36 bits per heavy atom. The van der Waals surface area contributed by atoms with Crippen LogP contribution in [0.1, 0.15) is 56.1 Å². The first kappa shape index (κ1) is 19.0. The Morgan fingerprint density at radius 1 is 1.00 bits per heavy atom. The Kier molecular flexibility index (Phi) is 5.99. The maximum absolute atomic E-state index is 12.4. The van der Waals surface area contributed by atoms with Crippen LogP contribution in [0.15, 0.2) is 12.7 Å². The third kappa shape index (κ3) is 4.40. The van der Waals surface area contributed by atoms with Crippen LogP contribution in [-0.4, -0.2) is 71.4 Å². The van der Waals surface area contributed by atoms with E-state index in [1.54, 1.807) is 17.2 Å². The van der Waals surface area contributed by atoms with Crippen LogP contribution in [0.4, 0.5) is 0 Å². The zero-order valence-electron chi connectivity index (χ0n) is 16.7. The summed E-state index contributed by atoms with van der Waals surface area (Å²) < 4.78 is 3.90. The van der Waals surface area contributed by atoms with Gasteiger partial charge in [-0.15, -0.1) is 20.4 Å². The van der Waals surface area contributed by atoms with E-state index in [-0.39, 0.29) is 5.91 Å². The molecule has 2 aromatic heterocycles. The van der Waals surface area contributed by atoms with E-state index in [1.165, 1.54) is 25.7 Å². The maximum Gasteiger partial charge on any atom is 0.242 e. The fourth-order valence-electron chi connectivity index (χ4n) is 4.31. The lowest BCUT2D eigenvalue weighted by Gasteiger charge is -2.31. The summed E-state index contributed by atoms with van der Waals surface area (Å²) in [6, 6.07) is 0. The van der Waals surface area contributed by atoms with Crippen molar-refractivity contribution in [2.24, 2.45) is 7.05 Å². The van der Waals surface area contributed by atoms with Gasteiger partial charge in [-0.1, -0.05) is 12.8 Å². The number of amides is 1. The van der Waals surface area contributed by atoms with Crippen molar-refractivity contribution in [2.75, 3.05) is 26.2 Å². The molecule has 4 heterocycles. The molecular weight excluding hydrogens is 356 g/mol. The van der Waals surface area contributed by atoms with Crippen LogP contribution < -0.4 is 0 Å². The molecular formula is C19H30N8O. The molecule has 1 amide bonds. The molecule has 0 aliphatic carbocycles. The second kappa shape index (κ2) is 8.81. The van der Waals surface area contributed by atoms with E-state index in [0.29, 0.717) is 12.5 Å². The maximum atomic E-state index is 12.4. The fourth-order valence-corrected chi connectivity index (χ4v) is 4.31. The molecule has 28 heavy (non-hydrogen) atoms. The van der Waals surface area contributed by atoms with E-state index < -0.39 is 0 Å². The highest BCUT2D eigenvalue weighted by Crippen LogP contribution is 2.27. The van der Waals surface area contributed by atoms with Crippen molar-refractivity contribution in [3.63, 3.8) is 0 Å². The minimum absolute atomic E-state index is 0.123. The molecule has 4 rings (SSSR count). The largest absolute Gasteiger partial charge is 0.341 e. The van der Waals surface area contributed by atoms with Crippen molar-refractivity contribution in [3.8, 4) is 0 Å². The average Bonchev–Trinajstić information content (AvgIpc) is 3.26. The lowest BCUT2D eigenvalue weighted by Crippen LogP contribution is -2.40. The van der Waals surface area contributed by atoms with Gasteiger partial charge < -0.3 is 14.0 Å². The van der Waals surface area contributed by atoms with Gasteiger partial charge in [-0.2, -0.15) is 0 Å². The molecule has 0 spiro atoms. The number of hydrogen-bond donors (Lipinski definition) is 0. The van der Waals surface area contributed by atoms with Gasteiger partial charge in [-0.05, 0) is 38.8 Å². The Bertz CT molecular complexity index is 755. The van der Waals surface area contributed by atoms with Crippen LogP contribution in [0.2, 0.25) is 0 Å². The molecule has 0 unspecified atom stereocenters. The normalized spacial score (nSPS) is 19.7. The van der Waals surface area contributed by atoms with Gasteiger partial charge in [0.1, 0.15) is 30.8 Å². The van der Waals surface area contributed by atoms with Crippen LogP contribution in [0, 0.1) is 0 Å². The van der Waals surface area contributed by atoms with E-state index in [9.17, 15) is 4.79 Å². The van der Waals surface area contributed by atoms with Gasteiger partial charge >= 0.3 is 0 Å². The van der Waals surface area contributed by atoms with Crippen molar-refractivity contribution in [1.29, 1.82) is 0 Å². The predicted molar refractivity (Wildman–Crippen MR) is 103 cm³/mol. The first-order valence-electron chi connectivity index (χ1n) is 10.4. The van der Waals surface area contributed by atoms with Gasteiger partial charge in [-0.25, -0.2) is 0 Å². The summed E-state index contributed by atoms with van der Waals surface area (Å²) in [6.07, 6.45) is 10.3. The Balaban J connectivity index is 1.32. The van der Waals surface area contributed by atoms with Crippen LogP contribution in [-0.2, 0) is 24.9 Å². The van der Waals surface area contributed by atoms with Crippen LogP contribution >= 0.6 is 0 Å². The van der Waals surface area contributed by atoms with Crippen molar-refractivity contribution >= 4 is 5.91 Å². The summed E-state index contributed by atoms with van der Waals surface area (Å²) in [6.45, 7) is 5.05. The first-order valence-corrected chi connectivity index (χ1v) is 10.4. The molecule has 0 bridgehead atoms. The number of nitrogens with zero attached hydrogens (tertiary/aromatic N) is 8. The average molecular weight is 387 g/mol. The van der Waals surface area contributed by atoms with Gasteiger partial charge in [0, 0.05) is 26.1 Å². The third-order valence-electron chi connectivity index (χ3n) is 6.06. The summed E-state index contributed by atoms with van der Waals surface area (Å²) in [5.74, 6) is 2.62. The van der Waals surface area contributed by atoms with Gasteiger partial charge in [0.15, 0.2) is 0 Å². The van der Waals surface area contributed by atoms with Crippen molar-refractivity contribution < 1.29 is 4.79 Å². The number of piperidine rings is 1. The number of carbonyl (C=O) groups excluding carboxylic acids is 1.